The Kier molecular flexibility index (Phi) is 5.99. The van der Waals surface area contributed by atoms with Crippen molar-refractivity contribution in [1.82, 2.24) is 19.8 Å². The summed E-state index contributed by atoms with van der Waals surface area (Å²) in [6, 6.07) is 10.1. The molecule has 134 valence electrons. The monoisotopic (exact) mass is 382 g/mol. The van der Waals surface area contributed by atoms with Crippen LogP contribution in [-0.2, 0) is 11.5 Å². The molecule has 0 aliphatic carbocycles. The molecular weight excluding hydrogens is 364 g/mol. The molecule has 0 saturated carbocycles. The number of aromatic nitrogens is 4. The third-order valence-corrected chi connectivity index (χ3v) is 5.66. The van der Waals surface area contributed by atoms with Crippen LogP contribution in [0.2, 0.25) is 0 Å². The summed E-state index contributed by atoms with van der Waals surface area (Å²) in [5, 5.41) is 51.2. The zero-order valence-electron chi connectivity index (χ0n) is 13.1. The molecule has 0 radical (unpaired) electrons. The maximum Gasteiger partial charge on any atom is 0.234 e. The topological polar surface area (TPSA) is 124 Å². The van der Waals surface area contributed by atoms with E-state index in [1.165, 1.54) is 21.4 Å². The summed E-state index contributed by atoms with van der Waals surface area (Å²) >= 11 is 3.06. The van der Waals surface area contributed by atoms with E-state index in [-0.39, 0.29) is 5.82 Å². The molecule has 8 nitrogen and oxygen atoms in total. The first kappa shape index (κ1) is 18.2. The van der Waals surface area contributed by atoms with Gasteiger partial charge in [0.15, 0.2) is 5.82 Å². The molecule has 0 spiro atoms. The van der Waals surface area contributed by atoms with Gasteiger partial charge < -0.3 is 20.4 Å². The normalized spacial score (nSPS) is 15.4. The van der Waals surface area contributed by atoms with Gasteiger partial charge in [0.05, 0.1) is 6.61 Å². The Morgan fingerprint density at radius 3 is 2.56 bits per heavy atom. The van der Waals surface area contributed by atoms with Crippen molar-refractivity contribution in [2.75, 3.05) is 6.61 Å². The Morgan fingerprint density at radius 2 is 1.84 bits per heavy atom. The molecule has 4 N–H and O–H groups in total. The summed E-state index contributed by atoms with van der Waals surface area (Å²) in [6.45, 7) is -0.668. The van der Waals surface area contributed by atoms with Crippen LogP contribution in [0, 0.1) is 0 Å². The highest BCUT2D eigenvalue weighted by atomic mass is 32.2. The van der Waals surface area contributed by atoms with E-state index in [0.717, 1.165) is 10.8 Å². The van der Waals surface area contributed by atoms with Crippen molar-refractivity contribution >= 4 is 28.1 Å². The minimum absolute atomic E-state index is 0.0329. The van der Waals surface area contributed by atoms with Gasteiger partial charge in [-0.05, 0) is 5.56 Å². The van der Waals surface area contributed by atoms with Gasteiger partial charge in [-0.2, -0.15) is 9.61 Å². The molecule has 10 heteroatoms. The SMILES string of the molecule is OC[C@@H](O)[C@H](O)[C@H](O)c1nnc2sc(CSCc3ccccc3)nn12. The number of aliphatic hydroxyl groups is 4. The first-order chi connectivity index (χ1) is 12.1. The van der Waals surface area contributed by atoms with Crippen LogP contribution in [0.5, 0.6) is 0 Å². The minimum Gasteiger partial charge on any atom is -0.394 e. The smallest absolute Gasteiger partial charge is 0.234 e. The van der Waals surface area contributed by atoms with E-state index in [1.54, 1.807) is 11.8 Å². The van der Waals surface area contributed by atoms with Gasteiger partial charge in [0.2, 0.25) is 4.96 Å². The highest BCUT2D eigenvalue weighted by Gasteiger charge is 2.30. The molecule has 0 saturated heterocycles. The van der Waals surface area contributed by atoms with Gasteiger partial charge in [0.25, 0.3) is 0 Å². The maximum atomic E-state index is 10.1. The summed E-state index contributed by atoms with van der Waals surface area (Å²) in [5.74, 6) is 1.57. The minimum atomic E-state index is -1.57. The average molecular weight is 382 g/mol. The van der Waals surface area contributed by atoms with Crippen LogP contribution in [0.4, 0.5) is 0 Å². The Labute approximate surface area is 151 Å². The zero-order chi connectivity index (χ0) is 17.8. The molecule has 25 heavy (non-hydrogen) atoms. The third kappa shape index (κ3) is 4.17. The summed E-state index contributed by atoms with van der Waals surface area (Å²) in [5.41, 5.74) is 1.23. The maximum absolute atomic E-state index is 10.1. The van der Waals surface area contributed by atoms with Crippen molar-refractivity contribution in [2.24, 2.45) is 0 Å². The molecule has 0 amide bonds. The van der Waals surface area contributed by atoms with Crippen LogP contribution < -0.4 is 0 Å². The van der Waals surface area contributed by atoms with Crippen LogP contribution in [0.15, 0.2) is 30.3 Å². The Balaban J connectivity index is 1.68. The second-order valence-corrected chi connectivity index (χ2v) is 7.44. The van der Waals surface area contributed by atoms with Crippen molar-refractivity contribution in [2.45, 2.75) is 29.8 Å². The van der Waals surface area contributed by atoms with Crippen molar-refractivity contribution in [1.29, 1.82) is 0 Å². The summed E-state index contributed by atoms with van der Waals surface area (Å²) in [7, 11) is 0. The van der Waals surface area contributed by atoms with E-state index in [9.17, 15) is 15.3 Å². The van der Waals surface area contributed by atoms with Crippen LogP contribution in [0.25, 0.3) is 4.96 Å². The molecule has 0 aliphatic rings. The van der Waals surface area contributed by atoms with E-state index in [0.29, 0.717) is 10.7 Å². The average Bonchev–Trinajstić information content (AvgIpc) is 3.21. The lowest BCUT2D eigenvalue weighted by Crippen LogP contribution is -2.35. The van der Waals surface area contributed by atoms with Crippen molar-refractivity contribution in [3.8, 4) is 0 Å². The van der Waals surface area contributed by atoms with Gasteiger partial charge >= 0.3 is 0 Å². The molecule has 2 aromatic heterocycles. The summed E-state index contributed by atoms with van der Waals surface area (Å²) < 4.78 is 1.36. The number of fused-ring (bicyclic) bond motifs is 1. The Bertz CT molecular complexity index is 810. The number of thioether (sulfide) groups is 1. The molecule has 3 rings (SSSR count). The van der Waals surface area contributed by atoms with Crippen LogP contribution in [-0.4, -0.2) is 59.1 Å². The first-order valence-corrected chi connectivity index (χ1v) is 9.55. The largest absolute Gasteiger partial charge is 0.394 e. The lowest BCUT2D eigenvalue weighted by molar-refractivity contribution is -0.0808. The van der Waals surface area contributed by atoms with Gasteiger partial charge in [0.1, 0.15) is 23.3 Å². The number of aliphatic hydroxyl groups excluding tert-OH is 4. The fourth-order valence-electron chi connectivity index (χ4n) is 2.22. The molecule has 0 unspecified atom stereocenters. The van der Waals surface area contributed by atoms with E-state index in [2.05, 4.69) is 27.4 Å². The fourth-order valence-corrected chi connectivity index (χ4v) is 4.10. The van der Waals surface area contributed by atoms with E-state index >= 15 is 0 Å². The highest BCUT2D eigenvalue weighted by Crippen LogP contribution is 2.24. The predicted molar refractivity (Wildman–Crippen MR) is 94.2 cm³/mol. The van der Waals surface area contributed by atoms with Gasteiger partial charge in [-0.1, -0.05) is 41.7 Å². The quantitative estimate of drug-likeness (QED) is 0.440. The van der Waals surface area contributed by atoms with E-state index in [4.69, 9.17) is 5.11 Å². The summed E-state index contributed by atoms with van der Waals surface area (Å²) in [4.78, 5) is 0.495. The van der Waals surface area contributed by atoms with Gasteiger partial charge in [-0.3, -0.25) is 0 Å². The molecule has 0 aliphatic heterocycles. The molecule has 0 fully saturated rings. The lowest BCUT2D eigenvalue weighted by Gasteiger charge is -2.19. The molecule has 1 aromatic carbocycles. The standard InChI is InChI=1S/C15H18N4O4S2/c20-6-10(21)12(22)13(23)14-16-17-15-19(14)18-11(25-15)8-24-7-9-4-2-1-3-5-9/h1-5,10,12-13,20-23H,6-8H2/t10-,12+,13+/m1/s1. The number of nitrogens with zero attached hydrogens (tertiary/aromatic N) is 4. The van der Waals surface area contributed by atoms with Crippen molar-refractivity contribution < 1.29 is 20.4 Å². The number of benzene rings is 1. The second-order valence-electron chi connectivity index (χ2n) is 5.41. The number of hydrogen-bond donors (Lipinski definition) is 4. The van der Waals surface area contributed by atoms with Gasteiger partial charge in [-0.25, -0.2) is 0 Å². The van der Waals surface area contributed by atoms with E-state index < -0.39 is 24.9 Å². The zero-order valence-corrected chi connectivity index (χ0v) is 14.8. The second kappa shape index (κ2) is 8.21. The van der Waals surface area contributed by atoms with Crippen LogP contribution in [0.3, 0.4) is 0 Å². The molecular formula is C15H18N4O4S2. The molecule has 3 aromatic rings. The predicted octanol–water partition coefficient (Wildman–Crippen LogP) is 0.367. The van der Waals surface area contributed by atoms with Gasteiger partial charge in [0, 0.05) is 11.5 Å². The Morgan fingerprint density at radius 1 is 1.08 bits per heavy atom. The lowest BCUT2D eigenvalue weighted by atomic mass is 10.1. The first-order valence-electron chi connectivity index (χ1n) is 7.58. The summed E-state index contributed by atoms with van der Waals surface area (Å²) in [6.07, 6.45) is -4.54. The van der Waals surface area contributed by atoms with E-state index in [1.807, 2.05) is 18.2 Å². The van der Waals surface area contributed by atoms with Gasteiger partial charge in [-0.15, -0.1) is 22.0 Å². The number of rotatable bonds is 8. The van der Waals surface area contributed by atoms with Crippen molar-refractivity contribution in [3.05, 3.63) is 46.7 Å². The Hall–Kier alpha value is -1.56. The molecule has 3 atom stereocenters. The fraction of sp³-hybridized carbons (Fsp3) is 0.400. The van der Waals surface area contributed by atoms with Crippen LogP contribution in [0.1, 0.15) is 22.5 Å². The highest BCUT2D eigenvalue weighted by molar-refractivity contribution is 7.97. The number of hydrogen-bond acceptors (Lipinski definition) is 9. The van der Waals surface area contributed by atoms with Crippen molar-refractivity contribution in [3.63, 3.8) is 0 Å². The third-order valence-electron chi connectivity index (χ3n) is 3.56. The molecule has 2 heterocycles. The van der Waals surface area contributed by atoms with Crippen LogP contribution >= 0.6 is 23.1 Å². The molecule has 0 bridgehead atoms.